The smallest absolute Gasteiger partial charge is 0.357 e. The van der Waals surface area contributed by atoms with Gasteiger partial charge in [0, 0.05) is 6.54 Å². The first-order valence-electron chi connectivity index (χ1n) is 6.11. The zero-order valence-electron chi connectivity index (χ0n) is 11.4. The van der Waals surface area contributed by atoms with E-state index in [0.717, 1.165) is 11.3 Å². The van der Waals surface area contributed by atoms with E-state index in [-0.39, 0.29) is 21.2 Å². The number of nitrogens with zero attached hydrogens (tertiary/aromatic N) is 1. The first kappa shape index (κ1) is 18.2. The third-order valence-electron chi connectivity index (χ3n) is 2.76. The molecule has 0 spiro atoms. The summed E-state index contributed by atoms with van der Waals surface area (Å²) in [6.07, 6.45) is -4.54. The number of nitrogens with two attached hydrogens (primary N) is 1. The molecular formula is C12H11BrF3N3O2S2. The van der Waals surface area contributed by atoms with Crippen LogP contribution < -0.4 is 10.5 Å². The Bertz CT molecular complexity index is 806. The van der Waals surface area contributed by atoms with Gasteiger partial charge in [-0.25, -0.2) is 18.5 Å². The lowest BCUT2D eigenvalue weighted by atomic mass is 10.1. The molecule has 23 heavy (non-hydrogen) atoms. The van der Waals surface area contributed by atoms with Crippen molar-refractivity contribution in [2.45, 2.75) is 18.5 Å². The number of sulfonamides is 1. The average Bonchev–Trinajstić information content (AvgIpc) is 2.77. The van der Waals surface area contributed by atoms with Gasteiger partial charge in [0.15, 0.2) is 10.8 Å². The molecule has 1 aromatic heterocycles. The van der Waals surface area contributed by atoms with E-state index in [1.807, 2.05) is 0 Å². The minimum absolute atomic E-state index is 0.0783. The molecule has 1 aromatic carbocycles. The average molecular weight is 430 g/mol. The summed E-state index contributed by atoms with van der Waals surface area (Å²) in [4.78, 5) is 3.49. The van der Waals surface area contributed by atoms with E-state index in [1.165, 1.54) is 0 Å². The van der Waals surface area contributed by atoms with Crippen molar-refractivity contribution in [3.63, 3.8) is 0 Å². The van der Waals surface area contributed by atoms with Gasteiger partial charge in [0.2, 0.25) is 10.0 Å². The van der Waals surface area contributed by atoms with Gasteiger partial charge in [-0.15, -0.1) is 0 Å². The fourth-order valence-electron chi connectivity index (χ4n) is 1.81. The van der Waals surface area contributed by atoms with Gasteiger partial charge >= 0.3 is 6.18 Å². The Kier molecular flexibility index (Phi) is 5.33. The van der Waals surface area contributed by atoms with Crippen molar-refractivity contribution in [3.05, 3.63) is 44.9 Å². The maximum Gasteiger partial charge on any atom is 0.435 e. The summed E-state index contributed by atoms with van der Waals surface area (Å²) in [5.41, 5.74) is 0.0957. The quantitative estimate of drug-likeness (QED) is 0.762. The maximum atomic E-state index is 12.7. The summed E-state index contributed by atoms with van der Waals surface area (Å²) in [5, 5.41) is 7.87. The summed E-state index contributed by atoms with van der Waals surface area (Å²) in [5.74, 6) is -0.347. The number of hydrogen-bond acceptors (Lipinski definition) is 5. The molecule has 1 heterocycles. The highest BCUT2D eigenvalue weighted by Gasteiger charge is 2.37. The van der Waals surface area contributed by atoms with Crippen molar-refractivity contribution in [3.8, 4) is 0 Å². The fourth-order valence-corrected chi connectivity index (χ4v) is 4.01. The van der Waals surface area contributed by atoms with Crippen molar-refractivity contribution >= 4 is 42.4 Å². The summed E-state index contributed by atoms with van der Waals surface area (Å²) in [7, 11) is -3.70. The van der Waals surface area contributed by atoms with Gasteiger partial charge in [0.05, 0.1) is 5.75 Å². The second kappa shape index (κ2) is 6.75. The maximum absolute atomic E-state index is 12.7. The summed E-state index contributed by atoms with van der Waals surface area (Å²) < 4.78 is 60.3. The van der Waals surface area contributed by atoms with Crippen LogP contribution in [0, 0.1) is 0 Å². The van der Waals surface area contributed by atoms with E-state index in [2.05, 4.69) is 26.2 Å². The first-order chi connectivity index (χ1) is 10.6. The number of primary sulfonamides is 1. The van der Waals surface area contributed by atoms with Gasteiger partial charge in [0.1, 0.15) is 3.79 Å². The van der Waals surface area contributed by atoms with Gasteiger partial charge in [-0.3, -0.25) is 0 Å². The SMILES string of the molecule is NS(=O)(=O)Cc1ccccc1CNc1nc(C(F)(F)F)c(Br)s1. The van der Waals surface area contributed by atoms with Crippen LogP contribution in [0.15, 0.2) is 28.1 Å². The van der Waals surface area contributed by atoms with Crippen LogP contribution in [0.5, 0.6) is 0 Å². The van der Waals surface area contributed by atoms with Gasteiger partial charge in [-0.2, -0.15) is 13.2 Å². The minimum Gasteiger partial charge on any atom is -0.357 e. The Morgan fingerprint density at radius 1 is 1.26 bits per heavy atom. The fraction of sp³-hybridized carbons (Fsp3) is 0.250. The highest BCUT2D eigenvalue weighted by Crippen LogP contribution is 2.39. The third kappa shape index (κ3) is 5.16. The largest absolute Gasteiger partial charge is 0.435 e. The molecule has 0 saturated heterocycles. The molecule has 0 aliphatic carbocycles. The molecule has 3 N–H and O–H groups in total. The van der Waals surface area contributed by atoms with Crippen LogP contribution >= 0.6 is 27.3 Å². The zero-order chi connectivity index (χ0) is 17.3. The molecule has 0 saturated carbocycles. The second-order valence-electron chi connectivity index (χ2n) is 4.57. The van der Waals surface area contributed by atoms with Crippen molar-refractivity contribution < 1.29 is 21.6 Å². The van der Waals surface area contributed by atoms with Gasteiger partial charge in [0.25, 0.3) is 0 Å². The number of alkyl halides is 3. The number of halogens is 4. The highest BCUT2D eigenvalue weighted by atomic mass is 79.9. The predicted octanol–water partition coefficient (Wildman–Crippen LogP) is 3.33. The van der Waals surface area contributed by atoms with E-state index < -0.39 is 21.9 Å². The summed E-state index contributed by atoms with van der Waals surface area (Å²) in [6.45, 7) is 0.128. The molecule has 2 aromatic rings. The van der Waals surface area contributed by atoms with Crippen molar-refractivity contribution in [2.75, 3.05) is 5.32 Å². The Labute approximate surface area is 142 Å². The molecule has 0 unspecified atom stereocenters. The van der Waals surface area contributed by atoms with Crippen LogP contribution in [0.2, 0.25) is 0 Å². The Morgan fingerprint density at radius 3 is 2.39 bits per heavy atom. The van der Waals surface area contributed by atoms with Crippen LogP contribution in [-0.4, -0.2) is 13.4 Å². The zero-order valence-corrected chi connectivity index (χ0v) is 14.6. The summed E-state index contributed by atoms with van der Waals surface area (Å²) >= 11 is 3.64. The van der Waals surface area contributed by atoms with Crippen molar-refractivity contribution in [1.82, 2.24) is 4.98 Å². The van der Waals surface area contributed by atoms with E-state index in [4.69, 9.17) is 5.14 Å². The molecule has 5 nitrogen and oxygen atoms in total. The molecule has 0 aliphatic rings. The molecule has 0 aliphatic heterocycles. The molecule has 126 valence electrons. The number of benzene rings is 1. The lowest BCUT2D eigenvalue weighted by molar-refractivity contribution is -0.141. The number of thiazole rings is 1. The van der Waals surface area contributed by atoms with Gasteiger partial charge in [-0.1, -0.05) is 35.6 Å². The van der Waals surface area contributed by atoms with E-state index in [9.17, 15) is 21.6 Å². The van der Waals surface area contributed by atoms with E-state index in [0.29, 0.717) is 11.1 Å². The number of nitrogens with one attached hydrogen (secondary N) is 1. The predicted molar refractivity (Wildman–Crippen MR) is 85.4 cm³/mol. The normalized spacial score (nSPS) is 12.4. The number of anilines is 1. The standard InChI is InChI=1S/C12H11BrF3N3O2S2/c13-10-9(12(14,15)16)19-11(22-10)18-5-7-3-1-2-4-8(7)6-23(17,20)21/h1-4H,5-6H2,(H,18,19)(H2,17,20,21). The number of aromatic nitrogens is 1. The molecule has 0 fully saturated rings. The molecule has 0 atom stereocenters. The number of rotatable bonds is 5. The molecular weight excluding hydrogens is 419 g/mol. The monoisotopic (exact) mass is 429 g/mol. The van der Waals surface area contributed by atoms with Gasteiger partial charge < -0.3 is 5.32 Å². The Hall–Kier alpha value is -1.17. The van der Waals surface area contributed by atoms with Gasteiger partial charge in [-0.05, 0) is 27.1 Å². The molecule has 2 rings (SSSR count). The Morgan fingerprint density at radius 2 is 1.87 bits per heavy atom. The van der Waals surface area contributed by atoms with Crippen molar-refractivity contribution in [1.29, 1.82) is 0 Å². The minimum atomic E-state index is -4.54. The van der Waals surface area contributed by atoms with E-state index in [1.54, 1.807) is 24.3 Å². The molecule has 0 bridgehead atoms. The van der Waals surface area contributed by atoms with Crippen LogP contribution in [-0.2, 0) is 28.5 Å². The topological polar surface area (TPSA) is 85.1 Å². The molecule has 11 heteroatoms. The number of hydrogen-bond donors (Lipinski definition) is 2. The summed E-state index contributed by atoms with van der Waals surface area (Å²) in [6, 6.07) is 6.62. The first-order valence-corrected chi connectivity index (χ1v) is 9.43. The lowest BCUT2D eigenvalue weighted by Gasteiger charge is -2.09. The Balaban J connectivity index is 2.16. The third-order valence-corrected chi connectivity index (χ3v) is 5.14. The highest BCUT2D eigenvalue weighted by molar-refractivity contribution is 9.11. The molecule has 0 amide bonds. The van der Waals surface area contributed by atoms with Crippen LogP contribution in [0.4, 0.5) is 18.3 Å². The van der Waals surface area contributed by atoms with Crippen LogP contribution in [0.3, 0.4) is 0 Å². The van der Waals surface area contributed by atoms with Crippen LogP contribution in [0.1, 0.15) is 16.8 Å². The van der Waals surface area contributed by atoms with Crippen molar-refractivity contribution in [2.24, 2.45) is 5.14 Å². The lowest BCUT2D eigenvalue weighted by Crippen LogP contribution is -2.16. The van der Waals surface area contributed by atoms with E-state index >= 15 is 0 Å². The molecule has 0 radical (unpaired) electrons. The second-order valence-corrected chi connectivity index (χ2v) is 8.50. The van der Waals surface area contributed by atoms with Crippen LogP contribution in [0.25, 0.3) is 0 Å².